The second-order valence-corrected chi connectivity index (χ2v) is 10.9. The third-order valence-electron chi connectivity index (χ3n) is 7.92. The van der Waals surface area contributed by atoms with Crippen LogP contribution < -0.4 is 4.90 Å². The van der Waals surface area contributed by atoms with Gasteiger partial charge in [-0.3, -0.25) is 4.79 Å². The third kappa shape index (κ3) is 5.21. The largest absolute Gasteiger partial charge is 0.422 e. The first-order valence-corrected chi connectivity index (χ1v) is 13.8. The number of esters is 2. The van der Waals surface area contributed by atoms with E-state index in [1.54, 1.807) is 12.1 Å². The SMILES string of the molecule is CN(C)CC1Cc2ccccc2N(C(=O)CCCCC(C#N)(c2ccccc2)c2ccccc2)C12OC(=O)C(=O)O2. The summed E-state index contributed by atoms with van der Waals surface area (Å²) in [7, 11) is 3.75. The Kier molecular flexibility index (Phi) is 7.91. The zero-order valence-corrected chi connectivity index (χ0v) is 23.3. The fraction of sp³-hybridized carbons (Fsp3) is 0.333. The minimum absolute atomic E-state index is 0.116. The Labute approximate surface area is 240 Å². The summed E-state index contributed by atoms with van der Waals surface area (Å²) in [5.41, 5.74) is 2.42. The zero-order chi connectivity index (χ0) is 29.0. The van der Waals surface area contributed by atoms with Gasteiger partial charge in [-0.05, 0) is 56.1 Å². The predicted molar refractivity (Wildman–Crippen MR) is 152 cm³/mol. The van der Waals surface area contributed by atoms with E-state index in [0.717, 1.165) is 16.7 Å². The number of amides is 1. The summed E-state index contributed by atoms with van der Waals surface area (Å²) in [4.78, 5) is 42.0. The molecule has 1 saturated heterocycles. The van der Waals surface area contributed by atoms with Crippen LogP contribution in [-0.4, -0.2) is 49.3 Å². The van der Waals surface area contributed by atoms with Crippen LogP contribution >= 0.6 is 0 Å². The van der Waals surface area contributed by atoms with Gasteiger partial charge in [0, 0.05) is 13.0 Å². The van der Waals surface area contributed by atoms with Crippen molar-refractivity contribution in [2.75, 3.05) is 25.5 Å². The van der Waals surface area contributed by atoms with E-state index in [0.29, 0.717) is 37.9 Å². The molecule has 8 heteroatoms. The maximum atomic E-state index is 14.0. The van der Waals surface area contributed by atoms with Crippen LogP contribution in [0.1, 0.15) is 42.4 Å². The van der Waals surface area contributed by atoms with Crippen molar-refractivity contribution in [3.63, 3.8) is 0 Å². The smallest absolute Gasteiger partial charge is 0.394 e. The molecule has 1 unspecified atom stereocenters. The number of para-hydroxylation sites is 1. The van der Waals surface area contributed by atoms with E-state index >= 15 is 0 Å². The Morgan fingerprint density at radius 3 is 2.05 bits per heavy atom. The number of carbonyl (C=O) groups excluding carboxylic acids is 3. The zero-order valence-electron chi connectivity index (χ0n) is 23.3. The lowest BCUT2D eigenvalue weighted by molar-refractivity contribution is -0.206. The van der Waals surface area contributed by atoms with Gasteiger partial charge in [-0.25, -0.2) is 14.5 Å². The van der Waals surface area contributed by atoms with Gasteiger partial charge in [-0.1, -0.05) is 85.3 Å². The average Bonchev–Trinajstić information content (AvgIpc) is 3.28. The van der Waals surface area contributed by atoms with Crippen LogP contribution in [0.4, 0.5) is 5.69 Å². The van der Waals surface area contributed by atoms with Crippen molar-refractivity contribution in [2.45, 2.75) is 43.4 Å². The highest BCUT2D eigenvalue weighted by atomic mass is 16.8. The molecule has 0 aliphatic carbocycles. The van der Waals surface area contributed by atoms with Gasteiger partial charge < -0.3 is 14.4 Å². The summed E-state index contributed by atoms with van der Waals surface area (Å²) < 4.78 is 11.2. The lowest BCUT2D eigenvalue weighted by atomic mass is 9.72. The molecule has 5 rings (SSSR count). The quantitative estimate of drug-likeness (QED) is 0.218. The third-order valence-corrected chi connectivity index (χ3v) is 7.92. The van der Waals surface area contributed by atoms with E-state index in [4.69, 9.17) is 9.47 Å². The molecule has 1 atom stereocenters. The van der Waals surface area contributed by atoms with Gasteiger partial charge in [0.15, 0.2) is 0 Å². The molecule has 1 amide bonds. The maximum Gasteiger partial charge on any atom is 0.422 e. The summed E-state index contributed by atoms with van der Waals surface area (Å²) in [6.45, 7) is 0.428. The first-order valence-electron chi connectivity index (χ1n) is 13.8. The van der Waals surface area contributed by atoms with E-state index in [1.165, 1.54) is 4.90 Å². The number of unbranched alkanes of at least 4 members (excludes halogenated alkanes) is 1. The molecule has 0 bridgehead atoms. The van der Waals surface area contributed by atoms with Crippen molar-refractivity contribution < 1.29 is 23.9 Å². The number of ether oxygens (including phenoxy) is 2. The van der Waals surface area contributed by atoms with Crippen LogP contribution in [0.15, 0.2) is 84.9 Å². The first-order chi connectivity index (χ1) is 19.8. The average molecular weight is 552 g/mol. The standard InChI is InChI=1S/C33H33N3O5/c1-35(2)22-27-21-24-13-9-10-18-28(24)36(33(27)40-30(38)31(39)41-33)29(37)19-11-12-20-32(23-34,25-14-5-3-6-15-25)26-16-7-4-8-17-26/h3-10,13-18,27H,11-12,19-22H2,1-2H3. The van der Waals surface area contributed by atoms with Crippen molar-refractivity contribution in [1.29, 1.82) is 5.26 Å². The molecule has 3 aromatic carbocycles. The number of hydrogen-bond acceptors (Lipinski definition) is 7. The topological polar surface area (TPSA) is 99.9 Å². The molecule has 41 heavy (non-hydrogen) atoms. The lowest BCUT2D eigenvalue weighted by Gasteiger charge is -2.46. The highest BCUT2D eigenvalue weighted by Gasteiger charge is 2.62. The summed E-state index contributed by atoms with van der Waals surface area (Å²) in [6, 6.07) is 29.4. The molecule has 2 aliphatic rings. The normalized spacial score (nSPS) is 17.6. The highest BCUT2D eigenvalue weighted by Crippen LogP contribution is 2.45. The number of rotatable bonds is 9. The Morgan fingerprint density at radius 1 is 0.927 bits per heavy atom. The molecule has 210 valence electrons. The van der Waals surface area contributed by atoms with Crippen LogP contribution in [0.25, 0.3) is 0 Å². The molecule has 3 aromatic rings. The van der Waals surface area contributed by atoms with Crippen LogP contribution in [0.5, 0.6) is 0 Å². The number of fused-ring (bicyclic) bond motifs is 1. The number of benzene rings is 3. The van der Waals surface area contributed by atoms with Gasteiger partial charge in [-0.15, -0.1) is 0 Å². The van der Waals surface area contributed by atoms with Gasteiger partial charge in [0.05, 0.1) is 17.7 Å². The van der Waals surface area contributed by atoms with Crippen molar-refractivity contribution in [2.24, 2.45) is 5.92 Å². The molecule has 1 fully saturated rings. The van der Waals surface area contributed by atoms with Crippen molar-refractivity contribution in [1.82, 2.24) is 4.90 Å². The number of nitrogens with zero attached hydrogens (tertiary/aromatic N) is 3. The highest BCUT2D eigenvalue weighted by molar-refractivity contribution is 6.31. The van der Waals surface area contributed by atoms with Crippen LogP contribution in [0.3, 0.4) is 0 Å². The van der Waals surface area contributed by atoms with Gasteiger partial charge in [-0.2, -0.15) is 5.26 Å². The second-order valence-electron chi connectivity index (χ2n) is 10.9. The summed E-state index contributed by atoms with van der Waals surface area (Å²) in [6.07, 6.45) is 2.17. The van der Waals surface area contributed by atoms with E-state index in [-0.39, 0.29) is 12.3 Å². The Balaban J connectivity index is 1.40. The molecule has 8 nitrogen and oxygen atoms in total. The molecule has 1 spiro atoms. The summed E-state index contributed by atoms with van der Waals surface area (Å²) in [5.74, 6) is -4.83. The van der Waals surface area contributed by atoms with E-state index in [2.05, 4.69) is 6.07 Å². The summed E-state index contributed by atoms with van der Waals surface area (Å²) >= 11 is 0. The minimum atomic E-state index is -1.84. The van der Waals surface area contributed by atoms with Gasteiger partial charge in [0.25, 0.3) is 0 Å². The fourth-order valence-electron chi connectivity index (χ4n) is 6.07. The number of hydrogen-bond donors (Lipinski definition) is 0. The number of anilines is 1. The first kappa shape index (κ1) is 28.1. The van der Waals surface area contributed by atoms with Crippen molar-refractivity contribution >= 4 is 23.5 Å². The molecule has 0 radical (unpaired) electrons. The van der Waals surface area contributed by atoms with Gasteiger partial charge >= 0.3 is 17.8 Å². The Bertz CT molecular complexity index is 1410. The molecule has 0 N–H and O–H groups in total. The van der Waals surface area contributed by atoms with Crippen LogP contribution in [0, 0.1) is 17.2 Å². The molecule has 0 saturated carbocycles. The molecule has 0 aromatic heterocycles. The van der Waals surface area contributed by atoms with E-state index in [9.17, 15) is 19.6 Å². The monoisotopic (exact) mass is 551 g/mol. The number of carbonyl (C=O) groups is 3. The molecule has 2 heterocycles. The van der Waals surface area contributed by atoms with Crippen LogP contribution in [-0.2, 0) is 35.7 Å². The predicted octanol–water partition coefficient (Wildman–Crippen LogP) is 4.58. The summed E-state index contributed by atoms with van der Waals surface area (Å²) in [5, 5.41) is 10.5. The van der Waals surface area contributed by atoms with Crippen molar-refractivity contribution in [3.8, 4) is 6.07 Å². The number of nitriles is 1. The maximum absolute atomic E-state index is 14.0. The fourth-order valence-corrected chi connectivity index (χ4v) is 6.07. The van der Waals surface area contributed by atoms with Crippen LogP contribution in [0.2, 0.25) is 0 Å². The van der Waals surface area contributed by atoms with E-state index < -0.39 is 29.2 Å². The second kappa shape index (κ2) is 11.6. The molecular weight excluding hydrogens is 518 g/mol. The van der Waals surface area contributed by atoms with Gasteiger partial charge in [0.2, 0.25) is 5.91 Å². The lowest BCUT2D eigenvalue weighted by Crippen LogP contribution is -2.63. The van der Waals surface area contributed by atoms with Crippen molar-refractivity contribution in [3.05, 3.63) is 102 Å². The minimum Gasteiger partial charge on any atom is -0.394 e. The molecular formula is C33H33N3O5. The Hall–Kier alpha value is -4.48. The van der Waals surface area contributed by atoms with Gasteiger partial charge in [0.1, 0.15) is 5.41 Å². The Morgan fingerprint density at radius 2 is 1.49 bits per heavy atom. The molecule has 2 aliphatic heterocycles. The van der Waals surface area contributed by atoms with E-state index in [1.807, 2.05) is 91.8 Å².